The first-order valence-electron chi connectivity index (χ1n) is 8.26. The molecule has 3 aromatic rings. The molecule has 0 radical (unpaired) electrons. The Morgan fingerprint density at radius 1 is 1.15 bits per heavy atom. The first-order valence-corrected chi connectivity index (χ1v) is 9.07. The van der Waals surface area contributed by atoms with Crippen molar-refractivity contribution in [2.24, 2.45) is 0 Å². The maximum Gasteiger partial charge on any atom is 0.251 e. The maximum atomic E-state index is 13.2. The van der Waals surface area contributed by atoms with E-state index in [1.165, 1.54) is 17.0 Å². The van der Waals surface area contributed by atoms with Gasteiger partial charge in [0.1, 0.15) is 17.3 Å². The molecular formula is C20H19FN2O2S. The smallest absolute Gasteiger partial charge is 0.251 e. The van der Waals surface area contributed by atoms with Gasteiger partial charge in [-0.05, 0) is 50.2 Å². The molecule has 0 spiro atoms. The summed E-state index contributed by atoms with van der Waals surface area (Å²) >= 11 is 1.66. The van der Waals surface area contributed by atoms with Crippen LogP contribution in [0.5, 0.6) is 11.5 Å². The van der Waals surface area contributed by atoms with Crippen LogP contribution in [-0.4, -0.2) is 17.4 Å². The average Bonchev–Trinajstić information content (AvgIpc) is 2.93. The molecule has 1 heterocycles. The predicted molar refractivity (Wildman–Crippen MR) is 101 cm³/mol. The Morgan fingerprint density at radius 2 is 1.92 bits per heavy atom. The number of hydrogen-bond donors (Lipinski definition) is 1. The first kappa shape index (κ1) is 18.1. The van der Waals surface area contributed by atoms with E-state index >= 15 is 0 Å². The van der Waals surface area contributed by atoms with Gasteiger partial charge in [0.2, 0.25) is 0 Å². The van der Waals surface area contributed by atoms with Gasteiger partial charge >= 0.3 is 0 Å². The highest BCUT2D eigenvalue weighted by Crippen LogP contribution is 2.22. The lowest BCUT2D eigenvalue weighted by molar-refractivity contribution is 0.0954. The Morgan fingerprint density at radius 3 is 2.58 bits per heavy atom. The van der Waals surface area contributed by atoms with Crippen molar-refractivity contribution in [3.8, 4) is 11.5 Å². The molecular weight excluding hydrogens is 351 g/mol. The molecule has 0 aliphatic carbocycles. The number of amides is 1. The van der Waals surface area contributed by atoms with Crippen LogP contribution < -0.4 is 10.1 Å². The van der Waals surface area contributed by atoms with Crippen LogP contribution >= 0.6 is 11.3 Å². The summed E-state index contributed by atoms with van der Waals surface area (Å²) in [4.78, 5) is 17.8. The van der Waals surface area contributed by atoms with Crippen LogP contribution in [0, 0.1) is 19.7 Å². The monoisotopic (exact) mass is 370 g/mol. The average molecular weight is 370 g/mol. The van der Waals surface area contributed by atoms with Crippen molar-refractivity contribution in [2.75, 3.05) is 6.54 Å². The molecule has 1 aromatic heterocycles. The summed E-state index contributed by atoms with van der Waals surface area (Å²) in [7, 11) is 0. The molecule has 26 heavy (non-hydrogen) atoms. The fourth-order valence-electron chi connectivity index (χ4n) is 2.54. The van der Waals surface area contributed by atoms with E-state index in [0.717, 1.165) is 17.1 Å². The zero-order valence-corrected chi connectivity index (χ0v) is 15.4. The van der Waals surface area contributed by atoms with Crippen LogP contribution in [0.3, 0.4) is 0 Å². The molecule has 4 nitrogen and oxygen atoms in total. The molecule has 0 unspecified atom stereocenters. The van der Waals surface area contributed by atoms with Crippen molar-refractivity contribution >= 4 is 17.2 Å². The van der Waals surface area contributed by atoms with Crippen molar-refractivity contribution in [1.82, 2.24) is 10.3 Å². The van der Waals surface area contributed by atoms with Crippen LogP contribution in [0.25, 0.3) is 0 Å². The summed E-state index contributed by atoms with van der Waals surface area (Å²) in [6.07, 6.45) is 0.768. The molecule has 0 bridgehead atoms. The maximum absolute atomic E-state index is 13.2. The topological polar surface area (TPSA) is 51.2 Å². The number of carbonyl (C=O) groups is 1. The molecule has 2 aromatic carbocycles. The quantitative estimate of drug-likeness (QED) is 0.686. The van der Waals surface area contributed by atoms with E-state index in [4.69, 9.17) is 4.74 Å². The molecule has 0 saturated carbocycles. The molecule has 3 rings (SSSR count). The first-order chi connectivity index (χ1) is 12.5. The highest BCUT2D eigenvalue weighted by Gasteiger charge is 2.08. The Kier molecular flexibility index (Phi) is 5.63. The molecule has 1 amide bonds. The van der Waals surface area contributed by atoms with Gasteiger partial charge < -0.3 is 10.1 Å². The number of halogens is 1. The molecule has 6 heteroatoms. The molecule has 134 valence electrons. The fourth-order valence-corrected chi connectivity index (χ4v) is 3.47. The number of hydrogen-bond acceptors (Lipinski definition) is 4. The van der Waals surface area contributed by atoms with Gasteiger partial charge in [-0.15, -0.1) is 11.3 Å². The van der Waals surface area contributed by atoms with Gasteiger partial charge in [0.25, 0.3) is 5.91 Å². The van der Waals surface area contributed by atoms with E-state index in [9.17, 15) is 9.18 Å². The minimum Gasteiger partial charge on any atom is -0.457 e. The van der Waals surface area contributed by atoms with Crippen molar-refractivity contribution in [2.45, 2.75) is 20.3 Å². The molecule has 0 saturated heterocycles. The molecule has 0 aliphatic rings. The van der Waals surface area contributed by atoms with E-state index in [1.54, 1.807) is 47.7 Å². The van der Waals surface area contributed by atoms with Gasteiger partial charge in [0.15, 0.2) is 0 Å². The second-order valence-electron chi connectivity index (χ2n) is 5.83. The van der Waals surface area contributed by atoms with E-state index < -0.39 is 0 Å². The number of ether oxygens (including phenoxy) is 1. The number of rotatable bonds is 6. The summed E-state index contributed by atoms with van der Waals surface area (Å²) < 4.78 is 18.7. The predicted octanol–water partition coefficient (Wildman–Crippen LogP) is 4.66. The molecule has 0 fully saturated rings. The number of thiazole rings is 1. The Labute approximate surface area is 155 Å². The third kappa shape index (κ3) is 4.67. The minimum atomic E-state index is -0.357. The largest absolute Gasteiger partial charge is 0.457 e. The van der Waals surface area contributed by atoms with Crippen molar-refractivity contribution in [1.29, 1.82) is 0 Å². The van der Waals surface area contributed by atoms with Gasteiger partial charge in [-0.25, -0.2) is 9.37 Å². The number of benzene rings is 2. The summed E-state index contributed by atoms with van der Waals surface area (Å²) in [5, 5.41) is 3.95. The Bertz CT molecular complexity index is 906. The van der Waals surface area contributed by atoms with Crippen LogP contribution in [0.15, 0.2) is 48.5 Å². The van der Waals surface area contributed by atoms with Crippen molar-refractivity contribution < 1.29 is 13.9 Å². The normalized spacial score (nSPS) is 10.6. The third-order valence-electron chi connectivity index (χ3n) is 3.79. The second kappa shape index (κ2) is 8.10. The van der Waals surface area contributed by atoms with Gasteiger partial charge in [0.05, 0.1) is 10.7 Å². The highest BCUT2D eigenvalue weighted by atomic mass is 32.1. The number of nitrogens with one attached hydrogen (secondary N) is 1. The minimum absolute atomic E-state index is 0.138. The van der Waals surface area contributed by atoms with Gasteiger partial charge in [-0.2, -0.15) is 0 Å². The van der Waals surface area contributed by atoms with E-state index in [2.05, 4.69) is 10.3 Å². The third-order valence-corrected chi connectivity index (χ3v) is 4.92. The number of aromatic nitrogens is 1. The molecule has 0 aliphatic heterocycles. The van der Waals surface area contributed by atoms with Crippen molar-refractivity contribution in [3.63, 3.8) is 0 Å². The van der Waals surface area contributed by atoms with Crippen LogP contribution in [0.4, 0.5) is 4.39 Å². The number of nitrogens with zero attached hydrogens (tertiary/aromatic N) is 1. The highest BCUT2D eigenvalue weighted by molar-refractivity contribution is 7.11. The zero-order chi connectivity index (χ0) is 18.5. The molecule has 1 N–H and O–H groups in total. The van der Waals surface area contributed by atoms with Crippen LogP contribution in [0.2, 0.25) is 0 Å². The summed E-state index contributed by atoms with van der Waals surface area (Å²) in [6.45, 7) is 4.52. The lowest BCUT2D eigenvalue weighted by Gasteiger charge is -2.08. The van der Waals surface area contributed by atoms with Gasteiger partial charge in [-0.1, -0.05) is 6.07 Å². The summed E-state index contributed by atoms with van der Waals surface area (Å²) in [5.74, 6) is 0.464. The van der Waals surface area contributed by atoms with Crippen LogP contribution in [0.1, 0.15) is 25.9 Å². The number of aryl methyl sites for hydroxylation is 2. The van der Waals surface area contributed by atoms with E-state index in [1.807, 2.05) is 13.8 Å². The summed E-state index contributed by atoms with van der Waals surface area (Å²) in [6, 6.07) is 12.7. The SMILES string of the molecule is Cc1nc(C)c(CCNC(=O)c2ccc(Oc3cccc(F)c3)cc2)s1. The Hall–Kier alpha value is -2.73. The standard InChI is InChI=1S/C20H19FN2O2S/c1-13-19(26-14(2)23-13)10-11-22-20(24)15-6-8-17(9-7-15)25-18-5-3-4-16(21)12-18/h3-9,12H,10-11H2,1-2H3,(H,22,24). The Balaban J connectivity index is 1.54. The van der Waals surface area contributed by atoms with Gasteiger partial charge in [-0.3, -0.25) is 4.79 Å². The van der Waals surface area contributed by atoms with Crippen molar-refractivity contribution in [3.05, 3.63) is 75.5 Å². The fraction of sp³-hybridized carbons (Fsp3) is 0.200. The zero-order valence-electron chi connectivity index (χ0n) is 14.6. The number of carbonyl (C=O) groups excluding carboxylic acids is 1. The lowest BCUT2D eigenvalue weighted by Crippen LogP contribution is -2.25. The second-order valence-corrected chi connectivity index (χ2v) is 7.12. The summed E-state index contributed by atoms with van der Waals surface area (Å²) in [5.41, 5.74) is 1.58. The molecule has 0 atom stereocenters. The van der Waals surface area contributed by atoms with E-state index in [0.29, 0.717) is 23.6 Å². The lowest BCUT2D eigenvalue weighted by atomic mass is 10.2. The van der Waals surface area contributed by atoms with Crippen LogP contribution in [-0.2, 0) is 6.42 Å². The van der Waals surface area contributed by atoms with E-state index in [-0.39, 0.29) is 11.7 Å². The van der Waals surface area contributed by atoms with Gasteiger partial charge in [0, 0.05) is 29.5 Å².